The van der Waals surface area contributed by atoms with E-state index in [1.54, 1.807) is 25.1 Å². The lowest BCUT2D eigenvalue weighted by Gasteiger charge is -2.33. The molecule has 2 N–H and O–H groups in total. The van der Waals surface area contributed by atoms with Crippen LogP contribution in [-0.2, 0) is 9.59 Å². The van der Waals surface area contributed by atoms with E-state index in [0.29, 0.717) is 42.9 Å². The molecular formula is C20H26ClN3O4. The fraction of sp³-hybridized carbons (Fsp3) is 0.550. The number of piperidine rings is 1. The second-order valence-corrected chi connectivity index (χ2v) is 7.61. The molecule has 0 radical (unpaired) electrons. The first-order valence-corrected chi connectivity index (χ1v) is 9.68. The maximum Gasteiger partial charge on any atom is 0.265 e. The van der Waals surface area contributed by atoms with E-state index in [1.165, 1.54) is 0 Å². The third-order valence-corrected chi connectivity index (χ3v) is 5.78. The van der Waals surface area contributed by atoms with Gasteiger partial charge in [0.05, 0.1) is 11.6 Å². The number of rotatable bonds is 3. The minimum absolute atomic E-state index is 0. The van der Waals surface area contributed by atoms with Gasteiger partial charge in [0.2, 0.25) is 5.91 Å². The quantitative estimate of drug-likeness (QED) is 0.747. The SMILES string of the molecule is CC1Oc2ccc(C(=O)C3CCN(C(=O)C4CCNC4)CC3)cc2NC1=O.Cl. The molecule has 3 heterocycles. The highest BCUT2D eigenvalue weighted by Crippen LogP contribution is 2.32. The van der Waals surface area contributed by atoms with E-state index in [1.807, 2.05) is 4.90 Å². The summed E-state index contributed by atoms with van der Waals surface area (Å²) < 4.78 is 5.54. The van der Waals surface area contributed by atoms with Crippen LogP contribution in [0.2, 0.25) is 0 Å². The van der Waals surface area contributed by atoms with E-state index in [0.717, 1.165) is 19.5 Å². The van der Waals surface area contributed by atoms with Gasteiger partial charge >= 0.3 is 0 Å². The van der Waals surface area contributed by atoms with Gasteiger partial charge in [-0.05, 0) is 50.9 Å². The van der Waals surface area contributed by atoms with Gasteiger partial charge in [-0.15, -0.1) is 12.4 Å². The van der Waals surface area contributed by atoms with Gasteiger partial charge in [-0.1, -0.05) is 0 Å². The Morgan fingerprint density at radius 2 is 1.89 bits per heavy atom. The Kier molecular flexibility index (Phi) is 6.25. The topological polar surface area (TPSA) is 87.7 Å². The molecule has 4 rings (SSSR count). The number of ketones is 1. The molecule has 28 heavy (non-hydrogen) atoms. The maximum absolute atomic E-state index is 12.9. The number of hydrogen-bond acceptors (Lipinski definition) is 5. The number of nitrogens with one attached hydrogen (secondary N) is 2. The van der Waals surface area contributed by atoms with Crippen molar-refractivity contribution in [3.63, 3.8) is 0 Å². The summed E-state index contributed by atoms with van der Waals surface area (Å²) in [5.74, 6) is 0.662. The number of halogens is 1. The fourth-order valence-electron chi connectivity index (χ4n) is 4.08. The van der Waals surface area contributed by atoms with E-state index in [-0.39, 0.29) is 41.8 Å². The van der Waals surface area contributed by atoms with E-state index < -0.39 is 6.10 Å². The van der Waals surface area contributed by atoms with Gasteiger partial charge in [0.25, 0.3) is 5.91 Å². The molecule has 0 saturated carbocycles. The first kappa shape index (κ1) is 20.6. The molecule has 2 fully saturated rings. The van der Waals surface area contributed by atoms with Gasteiger partial charge in [-0.3, -0.25) is 14.4 Å². The fourth-order valence-corrected chi connectivity index (χ4v) is 4.08. The minimum Gasteiger partial charge on any atom is -0.479 e. The summed E-state index contributed by atoms with van der Waals surface area (Å²) in [4.78, 5) is 39.1. The van der Waals surface area contributed by atoms with Crippen molar-refractivity contribution in [2.24, 2.45) is 11.8 Å². The summed E-state index contributed by atoms with van der Waals surface area (Å²) in [5, 5.41) is 6.02. The predicted octanol–water partition coefficient (Wildman–Crippen LogP) is 1.86. The molecule has 2 atom stereocenters. The lowest BCUT2D eigenvalue weighted by atomic mass is 9.88. The second-order valence-electron chi connectivity index (χ2n) is 7.61. The van der Waals surface area contributed by atoms with Crippen LogP contribution in [0.5, 0.6) is 5.75 Å². The molecule has 1 aromatic carbocycles. The van der Waals surface area contributed by atoms with Crippen LogP contribution < -0.4 is 15.4 Å². The molecule has 8 heteroatoms. The van der Waals surface area contributed by atoms with E-state index in [2.05, 4.69) is 10.6 Å². The monoisotopic (exact) mass is 407 g/mol. The number of likely N-dealkylation sites (tertiary alicyclic amines) is 1. The minimum atomic E-state index is -0.531. The van der Waals surface area contributed by atoms with Crippen molar-refractivity contribution in [3.05, 3.63) is 23.8 Å². The molecule has 2 amide bonds. The van der Waals surface area contributed by atoms with Gasteiger partial charge < -0.3 is 20.3 Å². The Bertz CT molecular complexity index is 771. The van der Waals surface area contributed by atoms with Gasteiger partial charge in [-0.2, -0.15) is 0 Å². The number of anilines is 1. The number of nitrogens with zero attached hydrogens (tertiary/aromatic N) is 1. The van der Waals surface area contributed by atoms with Gasteiger partial charge in [-0.25, -0.2) is 0 Å². The van der Waals surface area contributed by atoms with Crippen LogP contribution in [0, 0.1) is 11.8 Å². The van der Waals surface area contributed by atoms with Crippen LogP contribution in [0.3, 0.4) is 0 Å². The maximum atomic E-state index is 12.9. The molecule has 2 unspecified atom stereocenters. The van der Waals surface area contributed by atoms with Crippen LogP contribution >= 0.6 is 12.4 Å². The lowest BCUT2D eigenvalue weighted by Crippen LogP contribution is -2.43. The molecule has 0 spiro atoms. The number of ether oxygens (including phenoxy) is 1. The first-order valence-electron chi connectivity index (χ1n) is 9.68. The standard InChI is InChI=1S/C20H25N3O4.ClH/c1-12-19(25)22-16-10-14(2-3-17(16)27-12)18(24)13-5-8-23(9-6-13)20(26)15-4-7-21-11-15;/h2-3,10,12-13,15,21H,4-9,11H2,1H3,(H,22,25);1H. The predicted molar refractivity (Wildman–Crippen MR) is 107 cm³/mol. The first-order chi connectivity index (χ1) is 13.0. The molecule has 0 aromatic heterocycles. The van der Waals surface area contributed by atoms with Crippen molar-refractivity contribution < 1.29 is 19.1 Å². The lowest BCUT2D eigenvalue weighted by molar-refractivity contribution is -0.136. The van der Waals surface area contributed by atoms with E-state index in [9.17, 15) is 14.4 Å². The molecule has 152 valence electrons. The summed E-state index contributed by atoms with van der Waals surface area (Å²) in [7, 11) is 0. The zero-order valence-electron chi connectivity index (χ0n) is 15.9. The van der Waals surface area contributed by atoms with Gasteiger partial charge in [0.15, 0.2) is 11.9 Å². The highest BCUT2D eigenvalue weighted by Gasteiger charge is 2.33. The smallest absolute Gasteiger partial charge is 0.265 e. The van der Waals surface area contributed by atoms with Gasteiger partial charge in [0.1, 0.15) is 5.75 Å². The summed E-state index contributed by atoms with van der Waals surface area (Å²) in [6.45, 7) is 4.62. The molecule has 0 aliphatic carbocycles. The zero-order valence-corrected chi connectivity index (χ0v) is 16.7. The molecule has 0 bridgehead atoms. The number of Topliss-reactive ketones (excluding diaryl/α,β-unsaturated/α-hetero) is 1. The molecular weight excluding hydrogens is 382 g/mol. The summed E-state index contributed by atoms with van der Waals surface area (Å²) in [5.41, 5.74) is 1.13. The van der Waals surface area contributed by atoms with Crippen molar-refractivity contribution in [2.75, 3.05) is 31.5 Å². The normalized spacial score (nSPS) is 24.6. The van der Waals surface area contributed by atoms with Crippen molar-refractivity contribution >= 4 is 35.7 Å². The molecule has 7 nitrogen and oxygen atoms in total. The van der Waals surface area contributed by atoms with Crippen LogP contribution in [0.25, 0.3) is 0 Å². The Morgan fingerprint density at radius 3 is 2.57 bits per heavy atom. The van der Waals surface area contributed by atoms with Crippen LogP contribution in [0.4, 0.5) is 5.69 Å². The average Bonchev–Trinajstić information content (AvgIpc) is 3.22. The second kappa shape index (κ2) is 8.49. The summed E-state index contributed by atoms with van der Waals surface area (Å²) in [6, 6.07) is 5.19. The summed E-state index contributed by atoms with van der Waals surface area (Å²) >= 11 is 0. The molecule has 2 saturated heterocycles. The third kappa shape index (κ3) is 4.00. The highest BCUT2D eigenvalue weighted by molar-refractivity contribution is 6.02. The molecule has 1 aromatic rings. The number of carbonyl (C=O) groups excluding carboxylic acids is 3. The zero-order chi connectivity index (χ0) is 19.0. The van der Waals surface area contributed by atoms with Crippen molar-refractivity contribution in [1.29, 1.82) is 0 Å². The number of benzene rings is 1. The van der Waals surface area contributed by atoms with Gasteiger partial charge in [0, 0.05) is 31.1 Å². The van der Waals surface area contributed by atoms with E-state index >= 15 is 0 Å². The number of fused-ring (bicyclic) bond motifs is 1. The van der Waals surface area contributed by atoms with Crippen molar-refractivity contribution in [2.45, 2.75) is 32.3 Å². The van der Waals surface area contributed by atoms with Crippen LogP contribution in [0.15, 0.2) is 18.2 Å². The number of carbonyl (C=O) groups is 3. The Morgan fingerprint density at radius 1 is 1.14 bits per heavy atom. The molecule has 3 aliphatic rings. The Hall–Kier alpha value is -2.12. The Labute approximate surface area is 170 Å². The largest absolute Gasteiger partial charge is 0.479 e. The van der Waals surface area contributed by atoms with Crippen molar-refractivity contribution in [1.82, 2.24) is 10.2 Å². The molecule has 3 aliphatic heterocycles. The highest BCUT2D eigenvalue weighted by atomic mass is 35.5. The number of hydrogen-bond donors (Lipinski definition) is 2. The van der Waals surface area contributed by atoms with E-state index in [4.69, 9.17) is 4.74 Å². The van der Waals surface area contributed by atoms with Crippen LogP contribution in [-0.4, -0.2) is 54.8 Å². The van der Waals surface area contributed by atoms with Crippen LogP contribution in [0.1, 0.15) is 36.5 Å². The summed E-state index contributed by atoms with van der Waals surface area (Å²) in [6.07, 6.45) is 1.73. The average molecular weight is 408 g/mol. The Balaban J connectivity index is 0.00000225. The number of amides is 2. The third-order valence-electron chi connectivity index (χ3n) is 5.78. The van der Waals surface area contributed by atoms with Crippen molar-refractivity contribution in [3.8, 4) is 5.75 Å².